The molecule has 3 aromatic carbocycles. The van der Waals surface area contributed by atoms with Crippen molar-refractivity contribution in [2.24, 2.45) is 0 Å². The summed E-state index contributed by atoms with van der Waals surface area (Å²) >= 11 is 0. The Morgan fingerprint density at radius 2 is 1.84 bits per heavy atom. The minimum atomic E-state index is 0.118. The molecule has 0 bridgehead atoms. The summed E-state index contributed by atoms with van der Waals surface area (Å²) in [6.45, 7) is 2.16. The van der Waals surface area contributed by atoms with E-state index in [1.165, 1.54) is 5.56 Å². The SMILES string of the molecule is CC(c1ccccc1)n1nccc1-c1ccc2nnn(-c3ccc4cn[nH]c4c3)c2c1. The molecule has 0 saturated carbocycles. The summed E-state index contributed by atoms with van der Waals surface area (Å²) in [6, 6.07) is 24.9. The number of hydrogen-bond acceptors (Lipinski definition) is 4. The molecule has 0 fully saturated rings. The maximum atomic E-state index is 4.61. The molecule has 1 atom stereocenters. The lowest BCUT2D eigenvalue weighted by Gasteiger charge is -2.16. The number of rotatable bonds is 4. The van der Waals surface area contributed by atoms with E-state index in [-0.39, 0.29) is 6.04 Å². The van der Waals surface area contributed by atoms with Crippen LogP contribution < -0.4 is 0 Å². The van der Waals surface area contributed by atoms with Crippen molar-refractivity contribution in [2.45, 2.75) is 13.0 Å². The second kappa shape index (κ2) is 6.91. The quantitative estimate of drug-likeness (QED) is 0.458. The minimum absolute atomic E-state index is 0.118. The zero-order valence-electron chi connectivity index (χ0n) is 16.8. The van der Waals surface area contributed by atoms with Crippen molar-refractivity contribution in [2.75, 3.05) is 0 Å². The van der Waals surface area contributed by atoms with Gasteiger partial charge in [-0.05, 0) is 48.9 Å². The topological polar surface area (TPSA) is 77.2 Å². The average Bonchev–Trinajstić information content (AvgIpc) is 3.57. The lowest BCUT2D eigenvalue weighted by Crippen LogP contribution is -2.09. The second-order valence-electron chi connectivity index (χ2n) is 7.59. The van der Waals surface area contributed by atoms with Gasteiger partial charge in [0.2, 0.25) is 0 Å². The first-order chi connectivity index (χ1) is 15.3. The molecule has 0 amide bonds. The third kappa shape index (κ3) is 2.90. The molecular weight excluding hydrogens is 386 g/mol. The normalized spacial score (nSPS) is 12.5. The first-order valence-electron chi connectivity index (χ1n) is 10.2. The lowest BCUT2D eigenvalue weighted by atomic mass is 10.1. The summed E-state index contributed by atoms with van der Waals surface area (Å²) < 4.78 is 3.92. The summed E-state index contributed by atoms with van der Waals surface area (Å²) in [7, 11) is 0. The maximum absolute atomic E-state index is 4.61. The van der Waals surface area contributed by atoms with Gasteiger partial charge in [0.05, 0.1) is 34.7 Å². The molecule has 7 nitrogen and oxygen atoms in total. The highest BCUT2D eigenvalue weighted by molar-refractivity contribution is 5.84. The van der Waals surface area contributed by atoms with E-state index < -0.39 is 0 Å². The number of nitrogens with zero attached hydrogens (tertiary/aromatic N) is 6. The van der Waals surface area contributed by atoms with Gasteiger partial charge in [-0.1, -0.05) is 41.6 Å². The highest BCUT2D eigenvalue weighted by Crippen LogP contribution is 2.29. The van der Waals surface area contributed by atoms with Crippen LogP contribution in [0.4, 0.5) is 0 Å². The zero-order valence-corrected chi connectivity index (χ0v) is 16.8. The molecule has 0 aliphatic heterocycles. The molecule has 3 heterocycles. The Balaban J connectivity index is 1.46. The molecule has 6 rings (SSSR count). The molecule has 31 heavy (non-hydrogen) atoms. The third-order valence-electron chi connectivity index (χ3n) is 5.73. The zero-order chi connectivity index (χ0) is 20.8. The number of fused-ring (bicyclic) bond motifs is 2. The van der Waals surface area contributed by atoms with E-state index in [9.17, 15) is 0 Å². The van der Waals surface area contributed by atoms with Crippen LogP contribution in [0, 0.1) is 0 Å². The van der Waals surface area contributed by atoms with Crippen molar-refractivity contribution in [3.8, 4) is 16.9 Å². The fourth-order valence-electron chi connectivity index (χ4n) is 4.05. The molecule has 0 spiro atoms. The van der Waals surface area contributed by atoms with Gasteiger partial charge in [-0.25, -0.2) is 4.68 Å². The van der Waals surface area contributed by atoms with Crippen LogP contribution in [0.15, 0.2) is 85.2 Å². The van der Waals surface area contributed by atoms with Crippen LogP contribution in [-0.4, -0.2) is 35.0 Å². The Morgan fingerprint density at radius 1 is 0.935 bits per heavy atom. The smallest absolute Gasteiger partial charge is 0.113 e. The number of benzene rings is 3. The van der Waals surface area contributed by atoms with Crippen molar-refractivity contribution in [3.63, 3.8) is 0 Å². The molecular formula is C24H19N7. The number of H-pyrrole nitrogens is 1. The molecule has 1 N–H and O–H groups in total. The van der Waals surface area contributed by atoms with Gasteiger partial charge in [0.15, 0.2) is 0 Å². The van der Waals surface area contributed by atoms with Crippen LogP contribution in [0.2, 0.25) is 0 Å². The molecule has 1 unspecified atom stereocenters. The highest BCUT2D eigenvalue weighted by atomic mass is 15.4. The summed E-state index contributed by atoms with van der Waals surface area (Å²) in [5.41, 5.74) is 7.02. The third-order valence-corrected chi connectivity index (χ3v) is 5.73. The number of nitrogens with one attached hydrogen (secondary N) is 1. The van der Waals surface area contributed by atoms with Gasteiger partial charge in [-0.15, -0.1) is 5.10 Å². The number of hydrogen-bond donors (Lipinski definition) is 1. The molecule has 0 saturated heterocycles. The number of aromatic amines is 1. The van der Waals surface area contributed by atoms with Gasteiger partial charge < -0.3 is 0 Å². The Labute approximate surface area is 177 Å². The van der Waals surface area contributed by atoms with E-state index in [1.807, 2.05) is 53.5 Å². The molecule has 7 heteroatoms. The van der Waals surface area contributed by atoms with Crippen molar-refractivity contribution in [3.05, 3.63) is 90.8 Å². The Morgan fingerprint density at radius 3 is 2.74 bits per heavy atom. The first-order valence-corrected chi connectivity index (χ1v) is 10.2. The van der Waals surface area contributed by atoms with Gasteiger partial charge in [-0.3, -0.25) is 9.78 Å². The van der Waals surface area contributed by atoms with Crippen molar-refractivity contribution in [1.29, 1.82) is 0 Å². The van der Waals surface area contributed by atoms with Crippen LogP contribution in [0.5, 0.6) is 0 Å². The molecule has 6 aromatic rings. The fourth-order valence-corrected chi connectivity index (χ4v) is 4.05. The predicted octanol–water partition coefficient (Wildman–Crippen LogP) is 4.77. The lowest BCUT2D eigenvalue weighted by molar-refractivity contribution is 0.571. The van der Waals surface area contributed by atoms with Crippen LogP contribution >= 0.6 is 0 Å². The molecule has 0 radical (unpaired) electrons. The Kier molecular flexibility index (Phi) is 3.92. The largest absolute Gasteiger partial charge is 0.278 e. The van der Waals surface area contributed by atoms with Crippen LogP contribution in [0.1, 0.15) is 18.5 Å². The summed E-state index contributed by atoms with van der Waals surface area (Å²) in [5.74, 6) is 0. The minimum Gasteiger partial charge on any atom is -0.278 e. The monoisotopic (exact) mass is 405 g/mol. The standard InChI is InChI=1S/C24H19N7/c1-16(17-5-3-2-4-6-17)30-23(11-12-26-30)18-8-10-21-24(13-18)31(29-28-21)20-9-7-19-15-25-27-22(19)14-20/h2-16H,1H3,(H,25,27). The first kappa shape index (κ1) is 17.6. The van der Waals surface area contributed by atoms with E-state index in [4.69, 9.17) is 0 Å². The van der Waals surface area contributed by atoms with E-state index in [0.29, 0.717) is 0 Å². The summed E-state index contributed by atoms with van der Waals surface area (Å²) in [6.07, 6.45) is 3.66. The summed E-state index contributed by atoms with van der Waals surface area (Å²) in [4.78, 5) is 0. The van der Waals surface area contributed by atoms with Gasteiger partial charge in [-0.2, -0.15) is 10.2 Å². The Bertz CT molecular complexity index is 1510. The average molecular weight is 405 g/mol. The van der Waals surface area contributed by atoms with Gasteiger partial charge >= 0.3 is 0 Å². The Hall–Kier alpha value is -4.26. The number of aromatic nitrogens is 7. The van der Waals surface area contributed by atoms with Gasteiger partial charge in [0.1, 0.15) is 5.52 Å². The van der Waals surface area contributed by atoms with Crippen LogP contribution in [0.25, 0.3) is 38.9 Å². The second-order valence-corrected chi connectivity index (χ2v) is 7.59. The van der Waals surface area contributed by atoms with Crippen molar-refractivity contribution >= 4 is 21.9 Å². The molecule has 0 aliphatic carbocycles. The maximum Gasteiger partial charge on any atom is 0.113 e. The van der Waals surface area contributed by atoms with Gasteiger partial charge in [0, 0.05) is 17.1 Å². The fraction of sp³-hybridized carbons (Fsp3) is 0.0833. The van der Waals surface area contributed by atoms with E-state index in [0.717, 1.165) is 38.9 Å². The highest BCUT2D eigenvalue weighted by Gasteiger charge is 2.15. The van der Waals surface area contributed by atoms with Crippen LogP contribution in [-0.2, 0) is 0 Å². The molecule has 0 aliphatic rings. The molecule has 3 aromatic heterocycles. The van der Waals surface area contributed by atoms with Crippen molar-refractivity contribution < 1.29 is 0 Å². The summed E-state index contributed by atoms with van der Waals surface area (Å²) in [5, 5.41) is 21.5. The van der Waals surface area contributed by atoms with Gasteiger partial charge in [0.25, 0.3) is 0 Å². The van der Waals surface area contributed by atoms with E-state index >= 15 is 0 Å². The molecule has 150 valence electrons. The van der Waals surface area contributed by atoms with E-state index in [1.54, 1.807) is 0 Å². The predicted molar refractivity (Wildman–Crippen MR) is 120 cm³/mol. The van der Waals surface area contributed by atoms with Crippen molar-refractivity contribution in [1.82, 2.24) is 35.0 Å². The van der Waals surface area contributed by atoms with Crippen LogP contribution in [0.3, 0.4) is 0 Å². The van der Waals surface area contributed by atoms with E-state index in [2.05, 4.69) is 73.6 Å².